The zero-order valence-electron chi connectivity index (χ0n) is 13.0. The van der Waals surface area contributed by atoms with Gasteiger partial charge in [-0.2, -0.15) is 0 Å². The zero-order valence-corrected chi connectivity index (χ0v) is 14.6. The number of carbonyl (C=O) groups is 1. The molecule has 1 amide bonds. The van der Waals surface area contributed by atoms with Gasteiger partial charge in [-0.3, -0.25) is 19.5 Å². The van der Waals surface area contributed by atoms with E-state index in [1.807, 2.05) is 13.0 Å². The molecule has 3 aromatic rings. The van der Waals surface area contributed by atoms with Gasteiger partial charge in [0.15, 0.2) is 5.58 Å². The average Bonchev–Trinajstić information content (AvgIpc) is 2.85. The van der Waals surface area contributed by atoms with Gasteiger partial charge in [-0.15, -0.1) is 0 Å². The van der Waals surface area contributed by atoms with E-state index in [0.29, 0.717) is 11.2 Å². The summed E-state index contributed by atoms with van der Waals surface area (Å²) < 4.78 is 7.02. The summed E-state index contributed by atoms with van der Waals surface area (Å²) in [7, 11) is 0. The molecule has 0 saturated heterocycles. The van der Waals surface area contributed by atoms with Crippen LogP contribution >= 0.6 is 15.9 Å². The molecule has 3 rings (SSSR count). The second-order valence-electron chi connectivity index (χ2n) is 5.37. The lowest BCUT2D eigenvalue weighted by molar-refractivity contribution is -0.384. The van der Waals surface area contributed by atoms with Crippen LogP contribution in [-0.2, 0) is 11.3 Å². The number of aromatic nitrogens is 1. The number of nitrogens with one attached hydrogen (secondary N) is 1. The summed E-state index contributed by atoms with van der Waals surface area (Å²) in [6.45, 7) is 1.58. The minimum Gasteiger partial charge on any atom is -0.407 e. The number of fused-ring (bicyclic) bond motifs is 1. The molecule has 0 aliphatic rings. The monoisotopic (exact) mass is 405 g/mol. The van der Waals surface area contributed by atoms with E-state index in [1.54, 1.807) is 12.1 Å². The van der Waals surface area contributed by atoms with Gasteiger partial charge < -0.3 is 9.73 Å². The Balaban J connectivity index is 1.87. The van der Waals surface area contributed by atoms with Gasteiger partial charge in [-0.1, -0.05) is 15.9 Å². The molecule has 0 fully saturated rings. The quantitative estimate of drug-likeness (QED) is 0.529. The fourth-order valence-corrected chi connectivity index (χ4v) is 2.89. The number of benzene rings is 2. The molecule has 1 N–H and O–H groups in total. The maximum atomic E-state index is 12.3. The number of aryl methyl sites for hydroxylation is 1. The van der Waals surface area contributed by atoms with Crippen LogP contribution in [0.25, 0.3) is 11.1 Å². The lowest BCUT2D eigenvalue weighted by Crippen LogP contribution is -2.25. The van der Waals surface area contributed by atoms with Gasteiger partial charge in [-0.05, 0) is 36.8 Å². The highest BCUT2D eigenvalue weighted by molar-refractivity contribution is 9.10. The fourth-order valence-electron chi connectivity index (χ4n) is 2.42. The number of nitro benzene ring substituents is 1. The number of carbonyl (C=O) groups excluding carboxylic acids is 1. The zero-order chi connectivity index (χ0) is 18.1. The predicted octanol–water partition coefficient (Wildman–Crippen LogP) is 3.21. The van der Waals surface area contributed by atoms with Crippen molar-refractivity contribution in [2.45, 2.75) is 13.5 Å². The lowest BCUT2D eigenvalue weighted by atomic mass is 10.2. The number of rotatable bonds is 4. The largest absolute Gasteiger partial charge is 0.420 e. The van der Waals surface area contributed by atoms with E-state index in [9.17, 15) is 19.7 Å². The van der Waals surface area contributed by atoms with Crippen molar-refractivity contribution in [3.63, 3.8) is 0 Å². The van der Waals surface area contributed by atoms with Crippen LogP contribution in [0.15, 0.2) is 50.1 Å². The van der Waals surface area contributed by atoms with Crippen molar-refractivity contribution >= 4 is 44.3 Å². The van der Waals surface area contributed by atoms with Gasteiger partial charge in [0.1, 0.15) is 6.54 Å². The third kappa shape index (κ3) is 3.45. The first-order chi connectivity index (χ1) is 11.8. The molecule has 9 heteroatoms. The van der Waals surface area contributed by atoms with Gasteiger partial charge in [0.25, 0.3) is 5.69 Å². The Morgan fingerprint density at radius 3 is 2.76 bits per heavy atom. The summed E-state index contributed by atoms with van der Waals surface area (Å²) in [5, 5.41) is 13.5. The molecule has 128 valence electrons. The van der Waals surface area contributed by atoms with E-state index in [4.69, 9.17) is 4.42 Å². The summed E-state index contributed by atoms with van der Waals surface area (Å²) in [4.78, 5) is 34.4. The van der Waals surface area contributed by atoms with Crippen molar-refractivity contribution < 1.29 is 14.1 Å². The highest BCUT2D eigenvalue weighted by Crippen LogP contribution is 2.21. The number of halogens is 1. The van der Waals surface area contributed by atoms with E-state index in [1.165, 1.54) is 12.1 Å². The van der Waals surface area contributed by atoms with Crippen molar-refractivity contribution in [2.24, 2.45) is 0 Å². The number of hydrogen-bond acceptors (Lipinski definition) is 5. The van der Waals surface area contributed by atoms with Gasteiger partial charge in [-0.25, -0.2) is 4.79 Å². The first-order valence-corrected chi connectivity index (χ1v) is 7.98. The van der Waals surface area contributed by atoms with Gasteiger partial charge in [0.05, 0.1) is 16.5 Å². The van der Waals surface area contributed by atoms with Crippen LogP contribution in [0.3, 0.4) is 0 Å². The van der Waals surface area contributed by atoms with E-state index < -0.39 is 16.6 Å². The smallest absolute Gasteiger partial charge is 0.407 e. The van der Waals surface area contributed by atoms with Crippen LogP contribution < -0.4 is 11.1 Å². The summed E-state index contributed by atoms with van der Waals surface area (Å²) in [5.74, 6) is -1.16. The van der Waals surface area contributed by atoms with Crippen molar-refractivity contribution in [1.29, 1.82) is 0 Å². The third-order valence-electron chi connectivity index (χ3n) is 3.63. The van der Waals surface area contributed by atoms with Crippen LogP contribution in [0.1, 0.15) is 5.56 Å². The van der Waals surface area contributed by atoms with Crippen LogP contribution in [0.5, 0.6) is 0 Å². The van der Waals surface area contributed by atoms with E-state index in [-0.39, 0.29) is 17.8 Å². The predicted molar refractivity (Wildman–Crippen MR) is 94.6 cm³/mol. The highest BCUT2D eigenvalue weighted by atomic mass is 79.9. The first kappa shape index (κ1) is 16.9. The molecular formula is C16H12BrN3O5. The van der Waals surface area contributed by atoms with Crippen LogP contribution in [0.4, 0.5) is 11.4 Å². The van der Waals surface area contributed by atoms with Gasteiger partial charge >= 0.3 is 5.76 Å². The third-order valence-corrected chi connectivity index (χ3v) is 4.12. The van der Waals surface area contributed by atoms with E-state index >= 15 is 0 Å². The highest BCUT2D eigenvalue weighted by Gasteiger charge is 2.16. The van der Waals surface area contributed by atoms with Gasteiger partial charge in [0.2, 0.25) is 5.91 Å². The molecule has 1 heterocycles. The Morgan fingerprint density at radius 2 is 2.08 bits per heavy atom. The standard InChI is InChI=1S/C16H12BrN3O5/c1-9-6-10(17)2-4-12(9)18-15(21)8-19-13-5-3-11(20(23)24)7-14(13)25-16(19)22/h2-7H,8H2,1H3,(H,18,21). The second kappa shape index (κ2) is 6.52. The maximum absolute atomic E-state index is 12.3. The molecule has 0 atom stereocenters. The number of nitro groups is 1. The molecule has 0 spiro atoms. The minimum atomic E-state index is -0.752. The molecule has 2 aromatic carbocycles. The molecule has 0 aliphatic heterocycles. The number of hydrogen-bond donors (Lipinski definition) is 1. The Kier molecular flexibility index (Phi) is 4.41. The number of oxazole rings is 1. The normalized spacial score (nSPS) is 10.8. The summed E-state index contributed by atoms with van der Waals surface area (Å²) in [5.41, 5.74) is 1.68. The summed E-state index contributed by atoms with van der Waals surface area (Å²) >= 11 is 3.35. The minimum absolute atomic E-state index is 0.0619. The van der Waals surface area contributed by atoms with Crippen molar-refractivity contribution in [2.75, 3.05) is 5.32 Å². The molecule has 0 unspecified atom stereocenters. The summed E-state index contributed by atoms with van der Waals surface area (Å²) in [6.07, 6.45) is 0. The lowest BCUT2D eigenvalue weighted by Gasteiger charge is -2.09. The van der Waals surface area contributed by atoms with Gasteiger partial charge in [0, 0.05) is 16.2 Å². The number of non-ortho nitro benzene ring substituents is 1. The Bertz CT molecular complexity index is 1050. The molecule has 25 heavy (non-hydrogen) atoms. The molecule has 0 aliphatic carbocycles. The molecule has 0 bridgehead atoms. The molecule has 0 saturated carbocycles. The SMILES string of the molecule is Cc1cc(Br)ccc1NC(=O)Cn1c(=O)oc2cc([N+](=O)[O-])ccc21. The topological polar surface area (TPSA) is 107 Å². The van der Waals surface area contributed by atoms with Crippen LogP contribution in [0, 0.1) is 17.0 Å². The van der Waals surface area contributed by atoms with Crippen LogP contribution in [0.2, 0.25) is 0 Å². The molecule has 0 radical (unpaired) electrons. The molecular weight excluding hydrogens is 394 g/mol. The Labute approximate surface area is 149 Å². The first-order valence-electron chi connectivity index (χ1n) is 7.19. The second-order valence-corrected chi connectivity index (χ2v) is 6.29. The maximum Gasteiger partial charge on any atom is 0.420 e. The molecule has 1 aromatic heterocycles. The van der Waals surface area contributed by atoms with Crippen molar-refractivity contribution in [1.82, 2.24) is 4.57 Å². The number of nitrogens with zero attached hydrogens (tertiary/aromatic N) is 2. The number of amides is 1. The average molecular weight is 406 g/mol. The van der Waals surface area contributed by atoms with E-state index in [2.05, 4.69) is 21.2 Å². The van der Waals surface area contributed by atoms with E-state index in [0.717, 1.165) is 20.7 Å². The number of anilines is 1. The van der Waals surface area contributed by atoms with Crippen molar-refractivity contribution in [3.05, 3.63) is 67.1 Å². The summed E-state index contributed by atoms with van der Waals surface area (Å²) in [6, 6.07) is 9.19. The van der Waals surface area contributed by atoms with Crippen molar-refractivity contribution in [3.8, 4) is 0 Å². The molecule has 8 nitrogen and oxygen atoms in total. The Hall–Kier alpha value is -2.94. The van der Waals surface area contributed by atoms with Crippen LogP contribution in [-0.4, -0.2) is 15.4 Å². The Morgan fingerprint density at radius 1 is 1.32 bits per heavy atom. The fraction of sp³-hybridized carbons (Fsp3) is 0.125.